The minimum Gasteiger partial charge on any atom is -0.480 e. The van der Waals surface area contributed by atoms with Gasteiger partial charge in [0.15, 0.2) is 0 Å². The van der Waals surface area contributed by atoms with Gasteiger partial charge in [0, 0.05) is 11.8 Å². The molecule has 0 aliphatic carbocycles. The second-order valence-electron chi connectivity index (χ2n) is 4.06. The van der Waals surface area contributed by atoms with Crippen LogP contribution < -0.4 is 11.1 Å². The Bertz CT molecular complexity index is 246. The second-order valence-corrected chi connectivity index (χ2v) is 5.09. The SMILES string of the molecule is CC(C)C(C)NC(=O)CSC[C@H](N)C(=O)O. The van der Waals surface area contributed by atoms with Crippen molar-refractivity contribution in [2.24, 2.45) is 11.7 Å². The summed E-state index contributed by atoms with van der Waals surface area (Å²) < 4.78 is 0. The van der Waals surface area contributed by atoms with Crippen LogP contribution in [0.1, 0.15) is 20.8 Å². The largest absolute Gasteiger partial charge is 0.480 e. The zero-order chi connectivity index (χ0) is 12.7. The highest BCUT2D eigenvalue weighted by atomic mass is 32.2. The molecule has 0 radical (unpaired) electrons. The lowest BCUT2D eigenvalue weighted by atomic mass is 10.1. The molecular weight excluding hydrogens is 228 g/mol. The zero-order valence-corrected chi connectivity index (χ0v) is 10.7. The van der Waals surface area contributed by atoms with Gasteiger partial charge in [0.05, 0.1) is 5.75 Å². The second kappa shape index (κ2) is 7.51. The average Bonchev–Trinajstić information content (AvgIpc) is 2.16. The maximum atomic E-state index is 11.4. The van der Waals surface area contributed by atoms with E-state index in [0.29, 0.717) is 5.92 Å². The van der Waals surface area contributed by atoms with Crippen molar-refractivity contribution in [2.45, 2.75) is 32.9 Å². The highest BCUT2D eigenvalue weighted by Gasteiger charge is 2.14. The first-order chi connectivity index (χ1) is 7.34. The number of amides is 1. The van der Waals surface area contributed by atoms with Gasteiger partial charge in [-0.3, -0.25) is 9.59 Å². The monoisotopic (exact) mass is 248 g/mol. The molecule has 0 aromatic heterocycles. The molecule has 2 atom stereocenters. The molecule has 1 amide bonds. The number of carboxylic acids is 1. The molecule has 0 aliphatic rings. The lowest BCUT2D eigenvalue weighted by Crippen LogP contribution is -2.38. The molecule has 0 heterocycles. The predicted octanol–water partition coefficient (Wildman–Crippen LogP) is 0.292. The Hall–Kier alpha value is -0.750. The Balaban J connectivity index is 3.70. The van der Waals surface area contributed by atoms with Gasteiger partial charge in [-0.1, -0.05) is 13.8 Å². The van der Waals surface area contributed by atoms with E-state index in [4.69, 9.17) is 10.8 Å². The molecule has 4 N–H and O–H groups in total. The van der Waals surface area contributed by atoms with E-state index in [0.717, 1.165) is 0 Å². The van der Waals surface area contributed by atoms with Crippen LogP contribution in [0, 0.1) is 5.92 Å². The molecule has 6 heteroatoms. The summed E-state index contributed by atoms with van der Waals surface area (Å²) in [6, 6.07) is -0.776. The first-order valence-electron chi connectivity index (χ1n) is 5.20. The average molecular weight is 248 g/mol. The molecule has 0 bridgehead atoms. The molecular formula is C10H20N2O3S. The summed E-state index contributed by atoms with van der Waals surface area (Å²) in [7, 11) is 0. The third-order valence-corrected chi connectivity index (χ3v) is 3.30. The van der Waals surface area contributed by atoms with Crippen LogP contribution in [-0.2, 0) is 9.59 Å². The summed E-state index contributed by atoms with van der Waals surface area (Å²) >= 11 is 1.23. The molecule has 94 valence electrons. The van der Waals surface area contributed by atoms with E-state index in [9.17, 15) is 9.59 Å². The molecule has 0 saturated heterocycles. The third kappa shape index (κ3) is 6.68. The minimum atomic E-state index is -1.04. The Labute approximate surface area is 100 Å². The van der Waals surface area contributed by atoms with Crippen LogP contribution in [0.25, 0.3) is 0 Å². The number of nitrogens with one attached hydrogen (secondary N) is 1. The maximum absolute atomic E-state index is 11.4. The molecule has 0 aliphatic heterocycles. The van der Waals surface area contributed by atoms with Crippen molar-refractivity contribution in [3.05, 3.63) is 0 Å². The van der Waals surface area contributed by atoms with E-state index in [1.54, 1.807) is 0 Å². The van der Waals surface area contributed by atoms with E-state index in [1.165, 1.54) is 11.8 Å². The van der Waals surface area contributed by atoms with Crippen LogP contribution >= 0.6 is 11.8 Å². The summed E-state index contributed by atoms with van der Waals surface area (Å²) in [4.78, 5) is 21.8. The number of thioether (sulfide) groups is 1. The summed E-state index contributed by atoms with van der Waals surface area (Å²) in [5.41, 5.74) is 5.30. The minimum absolute atomic E-state index is 0.0798. The lowest BCUT2D eigenvalue weighted by Gasteiger charge is -2.17. The quantitative estimate of drug-likeness (QED) is 0.602. The summed E-state index contributed by atoms with van der Waals surface area (Å²) in [6.45, 7) is 5.99. The fourth-order valence-corrected chi connectivity index (χ4v) is 1.60. The van der Waals surface area contributed by atoms with Crippen LogP contribution in [0.2, 0.25) is 0 Å². The number of carbonyl (C=O) groups excluding carboxylic acids is 1. The van der Waals surface area contributed by atoms with E-state index >= 15 is 0 Å². The van der Waals surface area contributed by atoms with Crippen LogP contribution in [0.5, 0.6) is 0 Å². The van der Waals surface area contributed by atoms with Gasteiger partial charge in [-0.05, 0) is 12.8 Å². The Morgan fingerprint density at radius 1 is 1.38 bits per heavy atom. The van der Waals surface area contributed by atoms with E-state index in [2.05, 4.69) is 5.32 Å². The molecule has 0 saturated carbocycles. The number of rotatable bonds is 7. The molecule has 0 aromatic carbocycles. The Morgan fingerprint density at radius 3 is 2.38 bits per heavy atom. The van der Waals surface area contributed by atoms with Crippen LogP contribution in [-0.4, -0.2) is 40.6 Å². The first-order valence-corrected chi connectivity index (χ1v) is 6.35. The molecule has 16 heavy (non-hydrogen) atoms. The van der Waals surface area contributed by atoms with Gasteiger partial charge in [-0.25, -0.2) is 0 Å². The van der Waals surface area contributed by atoms with E-state index in [1.807, 2.05) is 20.8 Å². The maximum Gasteiger partial charge on any atom is 0.321 e. The van der Waals surface area contributed by atoms with Gasteiger partial charge in [0.25, 0.3) is 0 Å². The van der Waals surface area contributed by atoms with Crippen molar-refractivity contribution in [1.29, 1.82) is 0 Å². The highest BCUT2D eigenvalue weighted by molar-refractivity contribution is 8.00. The predicted molar refractivity (Wildman–Crippen MR) is 65.4 cm³/mol. The third-order valence-electron chi connectivity index (χ3n) is 2.24. The smallest absolute Gasteiger partial charge is 0.321 e. The molecule has 1 unspecified atom stereocenters. The number of nitrogens with two attached hydrogens (primary N) is 1. The molecule has 0 fully saturated rings. The number of aliphatic carboxylic acids is 1. The van der Waals surface area contributed by atoms with Gasteiger partial charge < -0.3 is 16.2 Å². The van der Waals surface area contributed by atoms with Crippen LogP contribution in [0.3, 0.4) is 0 Å². The highest BCUT2D eigenvalue weighted by Crippen LogP contribution is 2.04. The van der Waals surface area contributed by atoms with Crippen molar-refractivity contribution in [3.63, 3.8) is 0 Å². The summed E-state index contributed by atoms with van der Waals surface area (Å²) in [6.07, 6.45) is 0. The topological polar surface area (TPSA) is 92.4 Å². The number of carboxylic acid groups (broad SMARTS) is 1. The van der Waals surface area contributed by atoms with Crippen LogP contribution in [0.4, 0.5) is 0 Å². The zero-order valence-electron chi connectivity index (χ0n) is 9.90. The number of hydrogen-bond acceptors (Lipinski definition) is 4. The number of carbonyl (C=O) groups is 2. The standard InChI is InChI=1S/C10H20N2O3S/c1-6(2)7(3)12-9(13)5-16-4-8(11)10(14)15/h6-8H,4-5,11H2,1-3H3,(H,12,13)(H,14,15)/t7?,8-/m0/s1. The normalized spacial score (nSPS) is 14.6. The van der Waals surface area contributed by atoms with Crippen molar-refractivity contribution >= 4 is 23.6 Å². The molecule has 0 rings (SSSR count). The van der Waals surface area contributed by atoms with Gasteiger partial charge in [-0.2, -0.15) is 0 Å². The van der Waals surface area contributed by atoms with Crippen molar-refractivity contribution in [1.82, 2.24) is 5.32 Å². The fourth-order valence-electron chi connectivity index (χ4n) is 0.812. The number of hydrogen-bond donors (Lipinski definition) is 3. The van der Waals surface area contributed by atoms with E-state index < -0.39 is 12.0 Å². The molecule has 5 nitrogen and oxygen atoms in total. The van der Waals surface area contributed by atoms with Gasteiger partial charge in [0.1, 0.15) is 6.04 Å². The molecule has 0 spiro atoms. The van der Waals surface area contributed by atoms with Crippen molar-refractivity contribution < 1.29 is 14.7 Å². The molecule has 0 aromatic rings. The first kappa shape index (κ1) is 15.2. The van der Waals surface area contributed by atoms with Gasteiger partial charge >= 0.3 is 5.97 Å². The van der Waals surface area contributed by atoms with Gasteiger partial charge in [-0.15, -0.1) is 11.8 Å². The lowest BCUT2D eigenvalue weighted by molar-refractivity contribution is -0.138. The fraction of sp³-hybridized carbons (Fsp3) is 0.800. The van der Waals surface area contributed by atoms with Crippen LogP contribution in [0.15, 0.2) is 0 Å². The van der Waals surface area contributed by atoms with Crippen molar-refractivity contribution in [2.75, 3.05) is 11.5 Å². The summed E-state index contributed by atoms with van der Waals surface area (Å²) in [5.74, 6) is -0.237. The summed E-state index contributed by atoms with van der Waals surface area (Å²) in [5, 5.41) is 11.4. The van der Waals surface area contributed by atoms with E-state index in [-0.39, 0.29) is 23.5 Å². The van der Waals surface area contributed by atoms with Crippen molar-refractivity contribution in [3.8, 4) is 0 Å². The Morgan fingerprint density at radius 2 is 1.94 bits per heavy atom. The van der Waals surface area contributed by atoms with Gasteiger partial charge in [0.2, 0.25) is 5.91 Å². The Kier molecular flexibility index (Phi) is 7.16.